The molecule has 0 saturated carbocycles. The van der Waals surface area contributed by atoms with E-state index in [0.717, 1.165) is 25.9 Å². The van der Waals surface area contributed by atoms with E-state index in [4.69, 9.17) is 27.9 Å². The van der Waals surface area contributed by atoms with Crippen molar-refractivity contribution in [3.63, 3.8) is 0 Å². The molecule has 1 aliphatic rings. The van der Waals surface area contributed by atoms with E-state index in [9.17, 15) is 4.79 Å². The lowest BCUT2D eigenvalue weighted by atomic mass is 10.1. The van der Waals surface area contributed by atoms with E-state index >= 15 is 0 Å². The van der Waals surface area contributed by atoms with Crippen LogP contribution in [0.2, 0.25) is 10.0 Å². The van der Waals surface area contributed by atoms with Crippen LogP contribution in [0, 0.1) is 0 Å². The first kappa shape index (κ1) is 12.5. The fourth-order valence-corrected chi connectivity index (χ4v) is 2.07. The van der Waals surface area contributed by atoms with Crippen molar-refractivity contribution in [2.45, 2.75) is 19.3 Å². The van der Waals surface area contributed by atoms with Crippen LogP contribution >= 0.6 is 23.2 Å². The number of hydrogen-bond acceptors (Lipinski definition) is 2. The van der Waals surface area contributed by atoms with E-state index in [0.29, 0.717) is 15.8 Å². The Bertz CT molecular complexity index is 417. The molecule has 0 aliphatic carbocycles. The molecular weight excluding hydrogens is 261 g/mol. The smallest absolute Gasteiger partial charge is 0.410 e. The first-order chi connectivity index (χ1) is 8.16. The van der Waals surface area contributed by atoms with Crippen molar-refractivity contribution in [3.8, 4) is 5.75 Å². The molecule has 2 rings (SSSR count). The molecule has 0 spiro atoms. The standard InChI is InChI=1S/C12H13Cl2NO2/c13-10-5-4-9(8-11(10)14)17-12(16)15-6-2-1-3-7-15/h4-5,8H,1-3,6-7H2. The highest BCUT2D eigenvalue weighted by atomic mass is 35.5. The average molecular weight is 274 g/mol. The van der Waals surface area contributed by atoms with Gasteiger partial charge < -0.3 is 9.64 Å². The van der Waals surface area contributed by atoms with Gasteiger partial charge in [-0.1, -0.05) is 23.2 Å². The van der Waals surface area contributed by atoms with Crippen LogP contribution in [0.3, 0.4) is 0 Å². The third-order valence-corrected chi connectivity index (χ3v) is 3.45. The third kappa shape index (κ3) is 3.27. The van der Waals surface area contributed by atoms with Gasteiger partial charge in [-0.05, 0) is 31.4 Å². The normalized spacial score (nSPS) is 15.8. The SMILES string of the molecule is O=C(Oc1ccc(Cl)c(Cl)c1)N1CCCCC1. The number of benzene rings is 1. The molecule has 1 saturated heterocycles. The van der Waals surface area contributed by atoms with Crippen molar-refractivity contribution in [3.05, 3.63) is 28.2 Å². The maximum Gasteiger partial charge on any atom is 0.415 e. The fourth-order valence-electron chi connectivity index (χ4n) is 1.78. The third-order valence-electron chi connectivity index (χ3n) is 2.71. The summed E-state index contributed by atoms with van der Waals surface area (Å²) in [5.74, 6) is 0.426. The number of carbonyl (C=O) groups is 1. The second-order valence-electron chi connectivity index (χ2n) is 3.99. The number of nitrogens with zero attached hydrogens (tertiary/aromatic N) is 1. The van der Waals surface area contributed by atoms with Crippen LogP contribution in [0.25, 0.3) is 0 Å². The number of ether oxygens (including phenoxy) is 1. The van der Waals surface area contributed by atoms with Crippen LogP contribution in [0.5, 0.6) is 5.75 Å². The topological polar surface area (TPSA) is 29.5 Å². The van der Waals surface area contributed by atoms with Crippen LogP contribution in [-0.2, 0) is 0 Å². The summed E-state index contributed by atoms with van der Waals surface area (Å²) < 4.78 is 5.23. The number of likely N-dealkylation sites (tertiary alicyclic amines) is 1. The first-order valence-corrected chi connectivity index (χ1v) is 6.34. The minimum absolute atomic E-state index is 0.317. The minimum atomic E-state index is -0.317. The molecule has 0 bridgehead atoms. The van der Waals surface area contributed by atoms with Gasteiger partial charge in [-0.25, -0.2) is 4.79 Å². The van der Waals surface area contributed by atoms with Gasteiger partial charge in [-0.2, -0.15) is 0 Å². The summed E-state index contributed by atoms with van der Waals surface area (Å²) in [7, 11) is 0. The molecule has 1 amide bonds. The molecule has 1 aromatic rings. The van der Waals surface area contributed by atoms with E-state index in [1.807, 2.05) is 0 Å². The first-order valence-electron chi connectivity index (χ1n) is 5.58. The van der Waals surface area contributed by atoms with Crippen molar-refractivity contribution in [1.82, 2.24) is 4.90 Å². The zero-order valence-electron chi connectivity index (χ0n) is 9.29. The molecule has 0 unspecified atom stereocenters. The van der Waals surface area contributed by atoms with E-state index in [-0.39, 0.29) is 6.09 Å². The van der Waals surface area contributed by atoms with E-state index in [2.05, 4.69) is 0 Å². The summed E-state index contributed by atoms with van der Waals surface area (Å²) >= 11 is 11.6. The summed E-state index contributed by atoms with van der Waals surface area (Å²) in [5, 5.41) is 0.833. The number of rotatable bonds is 1. The van der Waals surface area contributed by atoms with E-state index < -0.39 is 0 Å². The van der Waals surface area contributed by atoms with Crippen LogP contribution in [0.15, 0.2) is 18.2 Å². The van der Waals surface area contributed by atoms with Crippen LogP contribution in [0.1, 0.15) is 19.3 Å². The van der Waals surface area contributed by atoms with E-state index in [1.54, 1.807) is 23.1 Å². The molecule has 1 aromatic carbocycles. The monoisotopic (exact) mass is 273 g/mol. The molecule has 17 heavy (non-hydrogen) atoms. The number of hydrogen-bond donors (Lipinski definition) is 0. The van der Waals surface area contributed by atoms with Gasteiger partial charge >= 0.3 is 6.09 Å². The van der Waals surface area contributed by atoms with Gasteiger partial charge in [0.1, 0.15) is 5.75 Å². The maximum atomic E-state index is 11.8. The fraction of sp³-hybridized carbons (Fsp3) is 0.417. The summed E-state index contributed by atoms with van der Waals surface area (Å²) in [6.45, 7) is 1.53. The van der Waals surface area contributed by atoms with Crippen molar-refractivity contribution < 1.29 is 9.53 Å². The van der Waals surface area contributed by atoms with Gasteiger partial charge in [-0.3, -0.25) is 0 Å². The molecular formula is C12H13Cl2NO2. The lowest BCUT2D eigenvalue weighted by molar-refractivity contribution is 0.142. The largest absolute Gasteiger partial charge is 0.415 e. The van der Waals surface area contributed by atoms with Crippen LogP contribution in [-0.4, -0.2) is 24.1 Å². The predicted octanol–water partition coefficient (Wildman–Crippen LogP) is 3.98. The maximum absolute atomic E-state index is 11.8. The van der Waals surface area contributed by atoms with E-state index in [1.165, 1.54) is 6.42 Å². The highest BCUT2D eigenvalue weighted by Gasteiger charge is 2.18. The molecule has 5 heteroatoms. The average Bonchev–Trinajstić information content (AvgIpc) is 2.35. The van der Waals surface area contributed by atoms with Crippen molar-refractivity contribution >= 4 is 29.3 Å². The van der Waals surface area contributed by atoms with Gasteiger partial charge in [0.05, 0.1) is 10.0 Å². The number of carbonyl (C=O) groups excluding carboxylic acids is 1. The van der Waals surface area contributed by atoms with Gasteiger partial charge in [-0.15, -0.1) is 0 Å². The predicted molar refractivity (Wildman–Crippen MR) is 67.9 cm³/mol. The lowest BCUT2D eigenvalue weighted by Crippen LogP contribution is -2.37. The molecule has 0 aromatic heterocycles. The molecule has 1 aliphatic heterocycles. The Kier molecular flexibility index (Phi) is 4.13. The van der Waals surface area contributed by atoms with Crippen molar-refractivity contribution in [1.29, 1.82) is 0 Å². The Hall–Kier alpha value is -0.930. The molecule has 1 heterocycles. The summed E-state index contributed by atoms with van der Waals surface area (Å²) in [6.07, 6.45) is 2.94. The molecule has 3 nitrogen and oxygen atoms in total. The Balaban J connectivity index is 1.99. The number of amides is 1. The van der Waals surface area contributed by atoms with Gasteiger partial charge in [0, 0.05) is 19.2 Å². The molecule has 0 N–H and O–H groups in total. The Morgan fingerprint density at radius 3 is 2.47 bits per heavy atom. The molecule has 0 radical (unpaired) electrons. The second-order valence-corrected chi connectivity index (χ2v) is 4.81. The van der Waals surface area contributed by atoms with Gasteiger partial charge in [0.15, 0.2) is 0 Å². The lowest BCUT2D eigenvalue weighted by Gasteiger charge is -2.25. The molecule has 1 fully saturated rings. The van der Waals surface area contributed by atoms with Gasteiger partial charge in [0.2, 0.25) is 0 Å². The highest BCUT2D eigenvalue weighted by molar-refractivity contribution is 6.42. The van der Waals surface area contributed by atoms with Crippen molar-refractivity contribution in [2.24, 2.45) is 0 Å². The summed E-state index contributed by atoms with van der Waals surface area (Å²) in [4.78, 5) is 13.5. The zero-order valence-corrected chi connectivity index (χ0v) is 10.8. The van der Waals surface area contributed by atoms with Crippen LogP contribution in [0.4, 0.5) is 4.79 Å². The number of halogens is 2. The van der Waals surface area contributed by atoms with Crippen LogP contribution < -0.4 is 4.74 Å². The number of piperidine rings is 1. The zero-order chi connectivity index (χ0) is 12.3. The molecule has 92 valence electrons. The Morgan fingerprint density at radius 1 is 1.12 bits per heavy atom. The Labute approximate surface area is 110 Å². The highest BCUT2D eigenvalue weighted by Crippen LogP contribution is 2.26. The molecule has 0 atom stereocenters. The Morgan fingerprint density at radius 2 is 1.82 bits per heavy atom. The second kappa shape index (κ2) is 5.61. The summed E-state index contributed by atoms with van der Waals surface area (Å²) in [6, 6.07) is 4.80. The summed E-state index contributed by atoms with van der Waals surface area (Å²) in [5.41, 5.74) is 0. The quantitative estimate of drug-likeness (QED) is 0.775. The minimum Gasteiger partial charge on any atom is -0.410 e. The van der Waals surface area contributed by atoms with Crippen molar-refractivity contribution in [2.75, 3.05) is 13.1 Å². The van der Waals surface area contributed by atoms with Gasteiger partial charge in [0.25, 0.3) is 0 Å².